The number of carboxylic acid groups (broad SMARTS) is 1. The van der Waals surface area contributed by atoms with E-state index in [1.807, 2.05) is 0 Å². The molecule has 0 bridgehead atoms. The standard InChI is InChI=1S/C14H19N3O3S/c18-12(16-14(13(19)20)6-8-21-9-14)11-5-7-15-17(11)10-3-1-2-4-10/h5,7,10H,1-4,6,8-9H2,(H,16,18)(H,19,20). The number of hydrogen-bond acceptors (Lipinski definition) is 4. The lowest BCUT2D eigenvalue weighted by molar-refractivity contribution is -0.143. The fourth-order valence-electron chi connectivity index (χ4n) is 3.10. The molecule has 2 N–H and O–H groups in total. The lowest BCUT2D eigenvalue weighted by Crippen LogP contribution is -2.55. The fourth-order valence-corrected chi connectivity index (χ4v) is 4.43. The second-order valence-electron chi connectivity index (χ2n) is 5.74. The Balaban J connectivity index is 1.79. The van der Waals surface area contributed by atoms with Gasteiger partial charge < -0.3 is 10.4 Å². The Morgan fingerprint density at radius 1 is 1.43 bits per heavy atom. The zero-order valence-electron chi connectivity index (χ0n) is 11.7. The van der Waals surface area contributed by atoms with Crippen LogP contribution in [-0.4, -0.2) is 43.8 Å². The van der Waals surface area contributed by atoms with Gasteiger partial charge in [0.2, 0.25) is 0 Å². The first kappa shape index (κ1) is 14.4. The average Bonchev–Trinajstić information content (AvgIpc) is 3.19. The smallest absolute Gasteiger partial charge is 0.330 e. The molecule has 7 heteroatoms. The van der Waals surface area contributed by atoms with Crippen LogP contribution >= 0.6 is 11.8 Å². The number of hydrogen-bond donors (Lipinski definition) is 2. The van der Waals surface area contributed by atoms with Crippen molar-refractivity contribution in [3.05, 3.63) is 18.0 Å². The maximum atomic E-state index is 12.5. The highest BCUT2D eigenvalue weighted by molar-refractivity contribution is 7.99. The third-order valence-corrected chi connectivity index (χ3v) is 5.55. The SMILES string of the molecule is O=C(NC1(C(=O)O)CCSC1)c1ccnn1C1CCCC1. The molecule has 3 rings (SSSR count). The quantitative estimate of drug-likeness (QED) is 0.884. The summed E-state index contributed by atoms with van der Waals surface area (Å²) in [7, 11) is 0. The minimum atomic E-state index is -1.13. The van der Waals surface area contributed by atoms with Gasteiger partial charge in [-0.2, -0.15) is 16.9 Å². The number of nitrogens with zero attached hydrogens (tertiary/aromatic N) is 2. The zero-order chi connectivity index (χ0) is 14.9. The summed E-state index contributed by atoms with van der Waals surface area (Å²) < 4.78 is 1.76. The first-order chi connectivity index (χ1) is 10.1. The number of aliphatic carboxylic acids is 1. The molecule has 1 amide bonds. The van der Waals surface area contributed by atoms with Gasteiger partial charge >= 0.3 is 5.97 Å². The fraction of sp³-hybridized carbons (Fsp3) is 0.643. The Hall–Kier alpha value is -1.50. The van der Waals surface area contributed by atoms with E-state index in [1.165, 1.54) is 0 Å². The van der Waals surface area contributed by atoms with Crippen LogP contribution in [-0.2, 0) is 4.79 Å². The summed E-state index contributed by atoms with van der Waals surface area (Å²) in [5.41, 5.74) is -0.661. The second kappa shape index (κ2) is 5.71. The average molecular weight is 309 g/mol. The number of aromatic nitrogens is 2. The molecule has 1 atom stereocenters. The molecule has 1 aliphatic carbocycles. The van der Waals surface area contributed by atoms with Gasteiger partial charge in [-0.1, -0.05) is 12.8 Å². The topological polar surface area (TPSA) is 84.2 Å². The molecule has 2 fully saturated rings. The number of rotatable bonds is 4. The van der Waals surface area contributed by atoms with E-state index in [0.29, 0.717) is 17.9 Å². The molecule has 6 nitrogen and oxygen atoms in total. The third-order valence-electron chi connectivity index (χ3n) is 4.36. The van der Waals surface area contributed by atoms with Gasteiger partial charge in [-0.15, -0.1) is 0 Å². The van der Waals surface area contributed by atoms with Crippen molar-refractivity contribution in [3.8, 4) is 0 Å². The molecule has 1 aromatic rings. The lowest BCUT2D eigenvalue weighted by Gasteiger charge is -2.25. The van der Waals surface area contributed by atoms with E-state index in [2.05, 4.69) is 10.4 Å². The summed E-state index contributed by atoms with van der Waals surface area (Å²) in [6.07, 6.45) is 6.45. The summed E-state index contributed by atoms with van der Waals surface area (Å²) in [6.45, 7) is 0. The van der Waals surface area contributed by atoms with Gasteiger partial charge in [-0.3, -0.25) is 9.48 Å². The third kappa shape index (κ3) is 2.66. The number of nitrogens with one attached hydrogen (secondary N) is 1. The number of amides is 1. The van der Waals surface area contributed by atoms with Crippen LogP contribution in [0.1, 0.15) is 48.6 Å². The van der Waals surface area contributed by atoms with E-state index in [-0.39, 0.29) is 11.9 Å². The van der Waals surface area contributed by atoms with Crippen molar-refractivity contribution in [1.82, 2.24) is 15.1 Å². The van der Waals surface area contributed by atoms with Gasteiger partial charge in [-0.25, -0.2) is 4.79 Å². The van der Waals surface area contributed by atoms with Crippen molar-refractivity contribution < 1.29 is 14.7 Å². The molecule has 1 aromatic heterocycles. The number of carboxylic acids is 1. The van der Waals surface area contributed by atoms with Gasteiger partial charge in [0.15, 0.2) is 0 Å². The molecule has 21 heavy (non-hydrogen) atoms. The summed E-state index contributed by atoms with van der Waals surface area (Å²) >= 11 is 1.56. The molecule has 0 radical (unpaired) electrons. The molecule has 1 unspecified atom stereocenters. The summed E-state index contributed by atoms with van der Waals surface area (Å²) in [4.78, 5) is 24.0. The van der Waals surface area contributed by atoms with Crippen molar-refractivity contribution in [2.75, 3.05) is 11.5 Å². The van der Waals surface area contributed by atoms with Gasteiger partial charge in [-0.05, 0) is 31.1 Å². The number of thioether (sulfide) groups is 1. The van der Waals surface area contributed by atoms with Gasteiger partial charge in [0, 0.05) is 11.9 Å². The second-order valence-corrected chi connectivity index (χ2v) is 6.85. The number of carbonyl (C=O) groups excluding carboxylic acids is 1. The Kier molecular flexibility index (Phi) is 3.93. The Bertz CT molecular complexity index is 545. The molecular formula is C14H19N3O3S. The maximum absolute atomic E-state index is 12.5. The van der Waals surface area contributed by atoms with Crippen LogP contribution in [0.4, 0.5) is 0 Å². The normalized spacial score (nSPS) is 26.1. The molecule has 1 aliphatic heterocycles. The molecule has 1 saturated carbocycles. The van der Waals surface area contributed by atoms with Crippen LogP contribution in [0.25, 0.3) is 0 Å². The van der Waals surface area contributed by atoms with Crippen molar-refractivity contribution >= 4 is 23.6 Å². The van der Waals surface area contributed by atoms with E-state index in [4.69, 9.17) is 0 Å². The highest BCUT2D eigenvalue weighted by Crippen LogP contribution is 2.31. The highest BCUT2D eigenvalue weighted by Gasteiger charge is 2.43. The van der Waals surface area contributed by atoms with Gasteiger partial charge in [0.1, 0.15) is 11.2 Å². The van der Waals surface area contributed by atoms with Crippen LogP contribution in [0.15, 0.2) is 12.3 Å². The van der Waals surface area contributed by atoms with E-state index >= 15 is 0 Å². The molecule has 1 saturated heterocycles. The summed E-state index contributed by atoms with van der Waals surface area (Å²) in [5, 5.41) is 16.4. The summed E-state index contributed by atoms with van der Waals surface area (Å²) in [5.74, 6) is -0.0998. The van der Waals surface area contributed by atoms with Crippen molar-refractivity contribution in [1.29, 1.82) is 0 Å². The first-order valence-electron chi connectivity index (χ1n) is 7.29. The molecular weight excluding hydrogens is 290 g/mol. The summed E-state index contributed by atoms with van der Waals surface area (Å²) in [6, 6.07) is 1.94. The highest BCUT2D eigenvalue weighted by atomic mass is 32.2. The van der Waals surface area contributed by atoms with Gasteiger partial charge in [0.05, 0.1) is 6.04 Å². The van der Waals surface area contributed by atoms with E-state index in [1.54, 1.807) is 28.7 Å². The van der Waals surface area contributed by atoms with Crippen LogP contribution in [0.3, 0.4) is 0 Å². The monoisotopic (exact) mass is 309 g/mol. The minimum absolute atomic E-state index is 0.263. The minimum Gasteiger partial charge on any atom is -0.479 e. The van der Waals surface area contributed by atoms with Gasteiger partial charge in [0.25, 0.3) is 5.91 Å². The van der Waals surface area contributed by atoms with Crippen LogP contribution in [0.2, 0.25) is 0 Å². The van der Waals surface area contributed by atoms with Crippen molar-refractivity contribution in [3.63, 3.8) is 0 Å². The lowest BCUT2D eigenvalue weighted by atomic mass is 9.99. The van der Waals surface area contributed by atoms with Crippen molar-refractivity contribution in [2.24, 2.45) is 0 Å². The predicted molar refractivity (Wildman–Crippen MR) is 79.5 cm³/mol. The van der Waals surface area contributed by atoms with Crippen molar-refractivity contribution in [2.45, 2.75) is 43.7 Å². The zero-order valence-corrected chi connectivity index (χ0v) is 12.6. The molecule has 2 aliphatic rings. The Labute approximate surface area is 127 Å². The molecule has 0 spiro atoms. The largest absolute Gasteiger partial charge is 0.479 e. The van der Waals surface area contributed by atoms with E-state index in [0.717, 1.165) is 31.4 Å². The first-order valence-corrected chi connectivity index (χ1v) is 8.45. The maximum Gasteiger partial charge on any atom is 0.330 e. The van der Waals surface area contributed by atoms with Crippen LogP contribution in [0, 0.1) is 0 Å². The van der Waals surface area contributed by atoms with E-state index < -0.39 is 11.5 Å². The van der Waals surface area contributed by atoms with E-state index in [9.17, 15) is 14.7 Å². The Morgan fingerprint density at radius 2 is 2.19 bits per heavy atom. The molecule has 114 valence electrons. The Morgan fingerprint density at radius 3 is 2.81 bits per heavy atom. The molecule has 2 heterocycles. The predicted octanol–water partition coefficient (Wildman–Crippen LogP) is 1.69. The van der Waals surface area contributed by atoms with Crippen LogP contribution in [0.5, 0.6) is 0 Å². The molecule has 0 aromatic carbocycles. The number of carbonyl (C=O) groups is 2. The van der Waals surface area contributed by atoms with Crippen LogP contribution < -0.4 is 5.32 Å².